The molecule has 1 saturated heterocycles. The van der Waals surface area contributed by atoms with Crippen molar-refractivity contribution in [1.29, 1.82) is 0 Å². The fourth-order valence-electron chi connectivity index (χ4n) is 3.33. The quantitative estimate of drug-likeness (QED) is 0.712. The predicted molar refractivity (Wildman–Crippen MR) is 111 cm³/mol. The van der Waals surface area contributed by atoms with Gasteiger partial charge in [0.05, 0.1) is 12.3 Å². The van der Waals surface area contributed by atoms with E-state index in [1.165, 1.54) is 0 Å². The summed E-state index contributed by atoms with van der Waals surface area (Å²) >= 11 is 12.2. The van der Waals surface area contributed by atoms with Gasteiger partial charge in [-0.1, -0.05) is 41.4 Å². The Kier molecular flexibility index (Phi) is 7.00. The van der Waals surface area contributed by atoms with Crippen molar-refractivity contribution in [2.75, 3.05) is 25.0 Å². The summed E-state index contributed by atoms with van der Waals surface area (Å²) in [6, 6.07) is 13.1. The van der Waals surface area contributed by atoms with Crippen LogP contribution in [0.3, 0.4) is 0 Å². The molecule has 1 fully saturated rings. The van der Waals surface area contributed by atoms with Gasteiger partial charge in [-0.25, -0.2) is 0 Å². The van der Waals surface area contributed by atoms with Crippen LogP contribution in [0.1, 0.15) is 25.3 Å². The Labute approximate surface area is 170 Å². The first-order valence-corrected chi connectivity index (χ1v) is 10.0. The summed E-state index contributed by atoms with van der Waals surface area (Å²) < 4.78 is 5.58. The number of carbonyl (C=O) groups excluding carboxylic acids is 1. The van der Waals surface area contributed by atoms with Crippen molar-refractivity contribution in [1.82, 2.24) is 4.90 Å². The Hall–Kier alpha value is -1.75. The molecule has 0 radical (unpaired) electrons. The Bertz CT molecular complexity index is 790. The van der Waals surface area contributed by atoms with Crippen molar-refractivity contribution in [2.45, 2.75) is 26.3 Å². The topological polar surface area (TPSA) is 41.6 Å². The van der Waals surface area contributed by atoms with Crippen LogP contribution in [-0.2, 0) is 11.3 Å². The fraction of sp³-hybridized carbons (Fsp3) is 0.381. The molecule has 1 amide bonds. The summed E-state index contributed by atoms with van der Waals surface area (Å²) in [6.07, 6.45) is 1.65. The lowest BCUT2D eigenvalue weighted by Gasteiger charge is -2.31. The number of amides is 1. The number of para-hydroxylation sites is 2. The van der Waals surface area contributed by atoms with Crippen LogP contribution in [0.2, 0.25) is 10.0 Å². The molecule has 1 N–H and O–H groups in total. The number of piperidine rings is 1. The smallest absolute Gasteiger partial charge is 0.227 e. The number of carbonyl (C=O) groups is 1. The molecule has 0 aromatic heterocycles. The summed E-state index contributed by atoms with van der Waals surface area (Å²) in [5.41, 5.74) is 1.80. The lowest BCUT2D eigenvalue weighted by molar-refractivity contribution is -0.121. The van der Waals surface area contributed by atoms with Crippen molar-refractivity contribution < 1.29 is 9.53 Å². The molecule has 0 unspecified atom stereocenters. The van der Waals surface area contributed by atoms with Gasteiger partial charge in [-0.15, -0.1) is 0 Å². The molecule has 3 rings (SSSR count). The number of anilines is 1. The molecule has 1 aliphatic rings. The molecule has 0 saturated carbocycles. The van der Waals surface area contributed by atoms with E-state index in [4.69, 9.17) is 27.9 Å². The van der Waals surface area contributed by atoms with Crippen LogP contribution < -0.4 is 10.1 Å². The van der Waals surface area contributed by atoms with Crippen molar-refractivity contribution in [2.24, 2.45) is 5.92 Å². The highest BCUT2D eigenvalue weighted by Gasteiger charge is 2.26. The molecule has 0 bridgehead atoms. The highest BCUT2D eigenvalue weighted by molar-refractivity contribution is 6.35. The van der Waals surface area contributed by atoms with Crippen LogP contribution in [0.15, 0.2) is 42.5 Å². The van der Waals surface area contributed by atoms with Gasteiger partial charge in [-0.2, -0.15) is 0 Å². The Morgan fingerprint density at radius 1 is 1.19 bits per heavy atom. The number of hydrogen-bond donors (Lipinski definition) is 1. The third-order valence-electron chi connectivity index (χ3n) is 4.81. The number of benzene rings is 2. The first-order valence-electron chi connectivity index (χ1n) is 9.25. The van der Waals surface area contributed by atoms with Gasteiger partial charge in [-0.05, 0) is 62.7 Å². The molecular weight excluding hydrogens is 383 g/mol. The molecule has 27 heavy (non-hydrogen) atoms. The molecule has 2 aromatic rings. The summed E-state index contributed by atoms with van der Waals surface area (Å²) in [7, 11) is 0. The normalized spacial score (nSPS) is 15.5. The Morgan fingerprint density at radius 3 is 2.63 bits per heavy atom. The third-order valence-corrected chi connectivity index (χ3v) is 5.40. The molecule has 0 atom stereocenters. The lowest BCUT2D eigenvalue weighted by atomic mass is 9.95. The summed E-state index contributed by atoms with van der Waals surface area (Å²) in [6.45, 7) is 5.01. The maximum Gasteiger partial charge on any atom is 0.227 e. The second kappa shape index (κ2) is 9.45. The van der Waals surface area contributed by atoms with Gasteiger partial charge in [0.25, 0.3) is 0 Å². The lowest BCUT2D eigenvalue weighted by Crippen LogP contribution is -2.37. The molecule has 4 nitrogen and oxygen atoms in total. The number of nitrogens with one attached hydrogen (secondary N) is 1. The number of ether oxygens (including phenoxy) is 1. The van der Waals surface area contributed by atoms with Gasteiger partial charge >= 0.3 is 0 Å². The second-order valence-electron chi connectivity index (χ2n) is 6.70. The van der Waals surface area contributed by atoms with Gasteiger partial charge in [0.1, 0.15) is 5.75 Å². The summed E-state index contributed by atoms with van der Waals surface area (Å²) in [5.74, 6) is 0.783. The molecule has 1 aliphatic heterocycles. The molecule has 144 valence electrons. The number of hydrogen-bond acceptors (Lipinski definition) is 3. The third kappa shape index (κ3) is 5.38. The average molecular weight is 407 g/mol. The maximum atomic E-state index is 12.7. The van der Waals surface area contributed by atoms with E-state index < -0.39 is 0 Å². The predicted octanol–water partition coefficient (Wildman–Crippen LogP) is 5.24. The monoisotopic (exact) mass is 406 g/mol. The molecular formula is C21H24Cl2N2O2. The molecule has 0 spiro atoms. The number of likely N-dealkylation sites (tertiary alicyclic amines) is 1. The van der Waals surface area contributed by atoms with E-state index in [9.17, 15) is 4.79 Å². The highest BCUT2D eigenvalue weighted by atomic mass is 35.5. The first kappa shape index (κ1) is 20.0. The van der Waals surface area contributed by atoms with E-state index >= 15 is 0 Å². The van der Waals surface area contributed by atoms with Crippen LogP contribution in [0, 0.1) is 5.92 Å². The van der Waals surface area contributed by atoms with Crippen LogP contribution in [-0.4, -0.2) is 30.5 Å². The minimum atomic E-state index is 0.0108. The number of nitrogens with zero attached hydrogens (tertiary/aromatic N) is 1. The van der Waals surface area contributed by atoms with Crippen molar-refractivity contribution in [3.63, 3.8) is 0 Å². The number of rotatable bonds is 6. The zero-order valence-corrected chi connectivity index (χ0v) is 16.9. The molecule has 6 heteroatoms. The van der Waals surface area contributed by atoms with Gasteiger partial charge in [0, 0.05) is 22.5 Å². The standard InChI is InChI=1S/C21H24Cl2N2O2/c1-2-27-20-6-4-3-5-19(20)24-21(26)15-9-11-25(12-10-15)14-16-7-8-17(22)13-18(16)23/h3-8,13,15H,2,9-12,14H2,1H3,(H,24,26). The highest BCUT2D eigenvalue weighted by Crippen LogP contribution is 2.28. The van der Waals surface area contributed by atoms with Gasteiger partial charge in [0.15, 0.2) is 0 Å². The van der Waals surface area contributed by atoms with Crippen molar-refractivity contribution in [3.05, 3.63) is 58.1 Å². The first-order chi connectivity index (χ1) is 13.1. The number of halogens is 2. The van der Waals surface area contributed by atoms with Crippen molar-refractivity contribution >= 4 is 34.8 Å². The van der Waals surface area contributed by atoms with E-state index in [1.807, 2.05) is 43.3 Å². The summed E-state index contributed by atoms with van der Waals surface area (Å²) in [4.78, 5) is 15.0. The van der Waals surface area contributed by atoms with Crippen LogP contribution in [0.4, 0.5) is 5.69 Å². The Morgan fingerprint density at radius 2 is 1.93 bits per heavy atom. The van der Waals surface area contributed by atoms with E-state index in [0.717, 1.165) is 43.7 Å². The van der Waals surface area contributed by atoms with Crippen molar-refractivity contribution in [3.8, 4) is 5.75 Å². The molecule has 2 aromatic carbocycles. The van der Waals surface area contributed by atoms with E-state index in [1.54, 1.807) is 6.07 Å². The zero-order valence-electron chi connectivity index (χ0n) is 15.4. The van der Waals surface area contributed by atoms with Crippen LogP contribution >= 0.6 is 23.2 Å². The van der Waals surface area contributed by atoms with E-state index in [-0.39, 0.29) is 11.8 Å². The van der Waals surface area contributed by atoms with E-state index in [0.29, 0.717) is 22.4 Å². The minimum absolute atomic E-state index is 0.0108. The summed E-state index contributed by atoms with van der Waals surface area (Å²) in [5, 5.41) is 4.36. The zero-order chi connectivity index (χ0) is 19.2. The van der Waals surface area contributed by atoms with E-state index in [2.05, 4.69) is 10.2 Å². The van der Waals surface area contributed by atoms with Gasteiger partial charge < -0.3 is 10.1 Å². The van der Waals surface area contributed by atoms with Crippen LogP contribution in [0.25, 0.3) is 0 Å². The fourth-order valence-corrected chi connectivity index (χ4v) is 3.80. The second-order valence-corrected chi connectivity index (χ2v) is 7.55. The Balaban J connectivity index is 1.53. The largest absolute Gasteiger partial charge is 0.492 e. The van der Waals surface area contributed by atoms with Crippen LogP contribution in [0.5, 0.6) is 5.75 Å². The van der Waals surface area contributed by atoms with Gasteiger partial charge in [0.2, 0.25) is 5.91 Å². The average Bonchev–Trinajstić information content (AvgIpc) is 2.66. The maximum absolute atomic E-state index is 12.7. The molecule has 1 heterocycles. The SMILES string of the molecule is CCOc1ccccc1NC(=O)C1CCN(Cc2ccc(Cl)cc2Cl)CC1. The molecule has 0 aliphatic carbocycles. The van der Waals surface area contributed by atoms with Gasteiger partial charge in [-0.3, -0.25) is 9.69 Å². The minimum Gasteiger partial charge on any atom is -0.492 e.